The lowest BCUT2D eigenvalue weighted by Crippen LogP contribution is -2.48. The van der Waals surface area contributed by atoms with Crippen molar-refractivity contribution in [3.8, 4) is 0 Å². The lowest BCUT2D eigenvalue weighted by molar-refractivity contribution is 0.479. The molecule has 0 amide bonds. The van der Waals surface area contributed by atoms with Crippen LogP contribution in [-0.4, -0.2) is 18.6 Å². The Morgan fingerprint density at radius 1 is 0.646 bits per heavy atom. The van der Waals surface area contributed by atoms with E-state index in [-0.39, 0.29) is 12.1 Å². The van der Waals surface area contributed by atoms with Gasteiger partial charge in [0, 0.05) is 29.0 Å². The van der Waals surface area contributed by atoms with Crippen LogP contribution in [0.15, 0.2) is 139 Å². The van der Waals surface area contributed by atoms with Crippen molar-refractivity contribution in [1.82, 2.24) is 0 Å². The van der Waals surface area contributed by atoms with E-state index in [9.17, 15) is 0 Å². The summed E-state index contributed by atoms with van der Waals surface area (Å²) >= 11 is 0. The van der Waals surface area contributed by atoms with E-state index in [0.717, 1.165) is 13.0 Å². The molecule has 2 nitrogen and oxygen atoms in total. The number of allylic oxidation sites excluding steroid dienone is 8. The number of nitrogens with zero attached hydrogens (tertiary/aromatic N) is 2. The number of rotatable bonds is 5. The Morgan fingerprint density at radius 3 is 2.02 bits per heavy atom. The second kappa shape index (κ2) is 11.7. The van der Waals surface area contributed by atoms with Crippen LogP contribution < -0.4 is 9.80 Å². The Morgan fingerprint density at radius 2 is 1.29 bits per heavy atom. The van der Waals surface area contributed by atoms with Crippen LogP contribution in [0.25, 0.3) is 37.9 Å². The van der Waals surface area contributed by atoms with Gasteiger partial charge in [-0.15, -0.1) is 0 Å². The fourth-order valence-corrected chi connectivity index (χ4v) is 9.12. The van der Waals surface area contributed by atoms with Crippen molar-refractivity contribution >= 4 is 49.3 Å². The van der Waals surface area contributed by atoms with Crippen LogP contribution in [0.2, 0.25) is 0 Å². The molecule has 48 heavy (non-hydrogen) atoms. The third-order valence-electron chi connectivity index (χ3n) is 11.6. The number of hydrogen-bond donors (Lipinski definition) is 0. The molecule has 238 valence electrons. The minimum absolute atomic E-state index is 0.286. The Kier molecular flexibility index (Phi) is 7.15. The van der Waals surface area contributed by atoms with Gasteiger partial charge in [0.1, 0.15) is 0 Å². The molecule has 1 aliphatic heterocycles. The maximum atomic E-state index is 2.71. The van der Waals surface area contributed by atoms with E-state index in [0.29, 0.717) is 17.8 Å². The largest absolute Gasteiger partial charge is 0.357 e. The van der Waals surface area contributed by atoms with Crippen LogP contribution in [0.5, 0.6) is 0 Å². The van der Waals surface area contributed by atoms with E-state index < -0.39 is 0 Å². The summed E-state index contributed by atoms with van der Waals surface area (Å²) in [5, 5.41) is 8.16. The Hall–Kier alpha value is -4.82. The van der Waals surface area contributed by atoms with Crippen molar-refractivity contribution in [3.63, 3.8) is 0 Å². The normalized spacial score (nSPS) is 25.1. The molecule has 0 N–H and O–H groups in total. The van der Waals surface area contributed by atoms with Gasteiger partial charge in [-0.3, -0.25) is 0 Å². The molecule has 0 spiro atoms. The molecule has 5 atom stereocenters. The average molecular weight is 625 g/mol. The highest BCUT2D eigenvalue weighted by atomic mass is 15.2. The number of hydrogen-bond acceptors (Lipinski definition) is 2. The zero-order chi connectivity index (χ0) is 32.4. The molecule has 0 saturated carbocycles. The maximum Gasteiger partial charge on any atom is 0.0542 e. The van der Waals surface area contributed by atoms with Crippen LogP contribution in [0.1, 0.15) is 44.7 Å². The third kappa shape index (κ3) is 4.68. The lowest BCUT2D eigenvalue weighted by atomic mass is 9.82. The van der Waals surface area contributed by atoms with Crippen LogP contribution in [0.3, 0.4) is 0 Å². The average Bonchev–Trinajstić information content (AvgIpc) is 3.12. The fraction of sp³-hybridized carbons (Fsp3) is 0.261. The fourth-order valence-electron chi connectivity index (χ4n) is 9.12. The van der Waals surface area contributed by atoms with E-state index in [2.05, 4.69) is 164 Å². The van der Waals surface area contributed by atoms with Crippen LogP contribution >= 0.6 is 0 Å². The summed E-state index contributed by atoms with van der Waals surface area (Å²) in [6, 6.07) is 28.5. The van der Waals surface area contributed by atoms with Crippen molar-refractivity contribution in [2.24, 2.45) is 17.8 Å². The number of benzene rings is 5. The van der Waals surface area contributed by atoms with Gasteiger partial charge >= 0.3 is 0 Å². The molecule has 4 aliphatic rings. The highest BCUT2D eigenvalue weighted by molar-refractivity contribution is 6.26. The minimum atomic E-state index is 0.286. The number of anilines is 2. The smallest absolute Gasteiger partial charge is 0.0542 e. The predicted molar refractivity (Wildman–Crippen MR) is 207 cm³/mol. The van der Waals surface area contributed by atoms with E-state index in [1.54, 1.807) is 0 Å². The Labute approximate surface area is 285 Å². The summed E-state index contributed by atoms with van der Waals surface area (Å²) in [7, 11) is 0. The first-order valence-electron chi connectivity index (χ1n) is 18.0. The first-order chi connectivity index (χ1) is 23.6. The summed E-state index contributed by atoms with van der Waals surface area (Å²) in [6.45, 7) is 8.24. The van der Waals surface area contributed by atoms with Gasteiger partial charge in [0.05, 0.1) is 12.1 Å². The molecule has 9 rings (SSSR count). The molecular weight excluding hydrogens is 581 g/mol. The summed E-state index contributed by atoms with van der Waals surface area (Å²) in [5.41, 5.74) is 8.48. The van der Waals surface area contributed by atoms with Gasteiger partial charge in [-0.2, -0.15) is 0 Å². The van der Waals surface area contributed by atoms with Gasteiger partial charge in [0.2, 0.25) is 0 Å². The zero-order valence-corrected chi connectivity index (χ0v) is 28.3. The van der Waals surface area contributed by atoms with Crippen molar-refractivity contribution in [2.75, 3.05) is 16.3 Å². The Balaban J connectivity index is 1.18. The molecule has 0 bridgehead atoms. The minimum Gasteiger partial charge on any atom is -0.357 e. The highest BCUT2D eigenvalue weighted by Crippen LogP contribution is 2.46. The molecule has 5 unspecified atom stereocenters. The topological polar surface area (TPSA) is 6.48 Å². The highest BCUT2D eigenvalue weighted by Gasteiger charge is 2.32. The molecule has 0 radical (unpaired) electrons. The molecule has 5 aromatic carbocycles. The molecule has 5 aromatic rings. The summed E-state index contributed by atoms with van der Waals surface area (Å²) in [6.07, 6.45) is 26.7. The quantitative estimate of drug-likeness (QED) is 0.180. The Bertz CT molecular complexity index is 2190. The van der Waals surface area contributed by atoms with E-state index in [4.69, 9.17) is 0 Å². The van der Waals surface area contributed by atoms with Crippen molar-refractivity contribution in [1.29, 1.82) is 0 Å². The SMILES string of the molecule is CC1CC(N2CCCc3ccccc32)=CC=C1c1ccc2ccc3c(N(C4C=CC=CC4C)C4C=CC=CC4C)ccc4ccc1c2c43. The van der Waals surface area contributed by atoms with Gasteiger partial charge in [-0.05, 0) is 98.9 Å². The molecule has 0 fully saturated rings. The number of fused-ring (bicyclic) bond motifs is 1. The van der Waals surface area contributed by atoms with E-state index >= 15 is 0 Å². The standard InChI is InChI=1S/C46H44N2/c1-30-11-4-7-15-41(30)48(42-16-8-5-12-31(42)2)44-27-21-35-19-24-39-38(23-18-34-20-25-40(44)46(35)45(34)39)37-26-22-36(29-32(37)3)47-28-10-14-33-13-6-9-17-43(33)47/h4-9,11-13,15-27,30-32,41-42H,10,14,28-29H2,1-3H3. The number of aryl methyl sites for hydroxylation is 1. The summed E-state index contributed by atoms with van der Waals surface area (Å²) in [4.78, 5) is 5.29. The van der Waals surface area contributed by atoms with Gasteiger partial charge in [-0.1, -0.05) is 136 Å². The predicted octanol–water partition coefficient (Wildman–Crippen LogP) is 11.4. The molecule has 1 heterocycles. The van der Waals surface area contributed by atoms with Crippen molar-refractivity contribution in [3.05, 3.63) is 150 Å². The monoisotopic (exact) mass is 624 g/mol. The van der Waals surface area contributed by atoms with E-state index in [1.165, 1.54) is 78.9 Å². The first-order valence-corrected chi connectivity index (χ1v) is 18.0. The first kappa shape index (κ1) is 29.3. The molecule has 0 saturated heterocycles. The van der Waals surface area contributed by atoms with Crippen LogP contribution in [0.4, 0.5) is 11.4 Å². The van der Waals surface area contributed by atoms with Crippen molar-refractivity contribution in [2.45, 2.75) is 52.1 Å². The van der Waals surface area contributed by atoms with Gasteiger partial charge in [0.25, 0.3) is 0 Å². The van der Waals surface area contributed by atoms with Crippen LogP contribution in [0, 0.1) is 17.8 Å². The zero-order valence-electron chi connectivity index (χ0n) is 28.3. The molecule has 2 heteroatoms. The molecule has 3 aliphatic carbocycles. The van der Waals surface area contributed by atoms with Crippen LogP contribution in [-0.2, 0) is 6.42 Å². The van der Waals surface area contributed by atoms with Gasteiger partial charge in [0.15, 0.2) is 0 Å². The molecular formula is C46H44N2. The summed E-state index contributed by atoms with van der Waals surface area (Å²) < 4.78 is 0. The number of para-hydroxylation sites is 1. The van der Waals surface area contributed by atoms with E-state index in [1.807, 2.05) is 0 Å². The molecule has 0 aromatic heterocycles. The second-order valence-corrected chi connectivity index (χ2v) is 14.5. The maximum absolute atomic E-state index is 2.71. The van der Waals surface area contributed by atoms with Crippen molar-refractivity contribution < 1.29 is 0 Å². The third-order valence-corrected chi connectivity index (χ3v) is 11.6. The summed E-state index contributed by atoms with van der Waals surface area (Å²) in [5.74, 6) is 1.27. The second-order valence-electron chi connectivity index (χ2n) is 14.5. The van der Waals surface area contributed by atoms with Gasteiger partial charge in [-0.25, -0.2) is 0 Å². The lowest BCUT2D eigenvalue weighted by Gasteiger charge is -2.43. The van der Waals surface area contributed by atoms with Gasteiger partial charge < -0.3 is 9.80 Å².